The number of hydrogen-bond donors (Lipinski definition) is 1. The van der Waals surface area contributed by atoms with Gasteiger partial charge in [0.05, 0.1) is 0 Å². The Morgan fingerprint density at radius 2 is 1.84 bits per heavy atom. The molecule has 1 aromatic rings. The molecule has 0 bridgehead atoms. The summed E-state index contributed by atoms with van der Waals surface area (Å²) in [6.07, 6.45) is 4.88. The summed E-state index contributed by atoms with van der Waals surface area (Å²) in [6.45, 7) is 10.8. The smallest absolute Gasteiger partial charge is 0.131 e. The molecule has 1 aliphatic carbocycles. The van der Waals surface area contributed by atoms with Gasteiger partial charge in [0.15, 0.2) is 0 Å². The molecule has 0 radical (unpaired) electrons. The topological polar surface area (TPSA) is 37.8 Å². The van der Waals surface area contributed by atoms with Crippen molar-refractivity contribution in [2.45, 2.75) is 59.3 Å². The van der Waals surface area contributed by atoms with Gasteiger partial charge in [-0.2, -0.15) is 0 Å². The van der Waals surface area contributed by atoms with E-state index in [1.165, 1.54) is 36.2 Å². The van der Waals surface area contributed by atoms with Crippen LogP contribution in [0.2, 0.25) is 0 Å². The lowest BCUT2D eigenvalue weighted by Crippen LogP contribution is -2.18. The van der Waals surface area contributed by atoms with Crippen LogP contribution < -0.4 is 5.32 Å². The van der Waals surface area contributed by atoms with E-state index in [9.17, 15) is 0 Å². The van der Waals surface area contributed by atoms with Gasteiger partial charge < -0.3 is 5.32 Å². The Kier molecular flexibility index (Phi) is 4.92. The van der Waals surface area contributed by atoms with Crippen molar-refractivity contribution in [3.05, 3.63) is 22.8 Å². The largest absolute Gasteiger partial charge is 0.317 e. The zero-order chi connectivity index (χ0) is 13.8. The highest BCUT2D eigenvalue weighted by Crippen LogP contribution is 2.36. The van der Waals surface area contributed by atoms with Gasteiger partial charge in [0, 0.05) is 17.3 Å². The summed E-state index contributed by atoms with van der Waals surface area (Å²) in [4.78, 5) is 9.58. The molecular weight excluding hydrogens is 234 g/mol. The molecule has 106 valence electrons. The Balaban J connectivity index is 2.12. The first kappa shape index (κ1) is 14.4. The first-order valence-electron chi connectivity index (χ1n) is 7.66. The highest BCUT2D eigenvalue weighted by Gasteiger charge is 2.25. The summed E-state index contributed by atoms with van der Waals surface area (Å²) in [5, 5.41) is 3.37. The van der Waals surface area contributed by atoms with Crippen LogP contribution in [0.15, 0.2) is 0 Å². The fourth-order valence-corrected chi connectivity index (χ4v) is 3.14. The van der Waals surface area contributed by atoms with E-state index in [1.54, 1.807) is 0 Å². The van der Waals surface area contributed by atoms with Crippen molar-refractivity contribution in [1.29, 1.82) is 0 Å². The maximum absolute atomic E-state index is 4.79. The van der Waals surface area contributed by atoms with E-state index in [0.29, 0.717) is 5.92 Å². The summed E-state index contributed by atoms with van der Waals surface area (Å²) in [7, 11) is 0. The van der Waals surface area contributed by atoms with E-state index in [0.717, 1.165) is 31.3 Å². The van der Waals surface area contributed by atoms with Crippen molar-refractivity contribution < 1.29 is 0 Å². The molecule has 1 saturated carbocycles. The van der Waals surface area contributed by atoms with Crippen molar-refractivity contribution >= 4 is 0 Å². The van der Waals surface area contributed by atoms with E-state index < -0.39 is 0 Å². The zero-order valence-corrected chi connectivity index (χ0v) is 12.8. The molecule has 0 amide bonds. The lowest BCUT2D eigenvalue weighted by atomic mass is 10.0. The predicted octanol–water partition coefficient (Wildman–Crippen LogP) is 3.15. The van der Waals surface area contributed by atoms with Gasteiger partial charge in [0.1, 0.15) is 5.82 Å². The monoisotopic (exact) mass is 261 g/mol. The number of nitrogens with zero attached hydrogens (tertiary/aromatic N) is 2. The van der Waals surface area contributed by atoms with E-state index in [-0.39, 0.29) is 0 Å². The normalized spacial score (nSPS) is 22.9. The Labute approximate surface area is 117 Å². The van der Waals surface area contributed by atoms with Gasteiger partial charge in [-0.25, -0.2) is 9.97 Å². The third kappa shape index (κ3) is 3.53. The van der Waals surface area contributed by atoms with Gasteiger partial charge >= 0.3 is 0 Å². The summed E-state index contributed by atoms with van der Waals surface area (Å²) >= 11 is 0. The fraction of sp³-hybridized carbons (Fsp3) is 0.750. The van der Waals surface area contributed by atoms with E-state index in [2.05, 4.69) is 33.0 Å². The van der Waals surface area contributed by atoms with Crippen molar-refractivity contribution in [2.75, 3.05) is 13.1 Å². The standard InChI is InChI=1S/C16H27N3/c1-5-17-9-8-15-12(3)18-16(19-13(15)4)14-7-6-11(2)10-14/h11,14,17H,5-10H2,1-4H3. The van der Waals surface area contributed by atoms with Crippen LogP contribution in [0.4, 0.5) is 0 Å². The van der Waals surface area contributed by atoms with Crippen molar-refractivity contribution in [3.8, 4) is 0 Å². The summed E-state index contributed by atoms with van der Waals surface area (Å²) in [6, 6.07) is 0. The molecule has 3 heteroatoms. The van der Waals surface area contributed by atoms with Crippen molar-refractivity contribution in [3.63, 3.8) is 0 Å². The van der Waals surface area contributed by atoms with Gasteiger partial charge in [-0.1, -0.05) is 13.8 Å². The summed E-state index contributed by atoms with van der Waals surface area (Å²) in [5.41, 5.74) is 3.69. The molecule has 0 spiro atoms. The van der Waals surface area contributed by atoms with Crippen molar-refractivity contribution in [2.24, 2.45) is 5.92 Å². The molecule has 0 aromatic carbocycles. The highest BCUT2D eigenvalue weighted by molar-refractivity contribution is 5.25. The molecule has 0 aliphatic heterocycles. The predicted molar refractivity (Wildman–Crippen MR) is 79.5 cm³/mol. The quantitative estimate of drug-likeness (QED) is 0.827. The molecule has 1 heterocycles. The molecule has 0 saturated heterocycles. The minimum atomic E-state index is 0.593. The van der Waals surface area contributed by atoms with Crippen molar-refractivity contribution in [1.82, 2.24) is 15.3 Å². The minimum Gasteiger partial charge on any atom is -0.317 e. The molecule has 1 aromatic heterocycles. The van der Waals surface area contributed by atoms with E-state index in [1.807, 2.05) is 0 Å². The SMILES string of the molecule is CCNCCc1c(C)nc(C2CCC(C)C2)nc1C. The molecule has 19 heavy (non-hydrogen) atoms. The van der Waals surface area contributed by atoms with Crippen LogP contribution >= 0.6 is 0 Å². The number of rotatable bonds is 5. The first-order chi connectivity index (χ1) is 9.11. The van der Waals surface area contributed by atoms with Crippen LogP contribution in [0.5, 0.6) is 0 Å². The van der Waals surface area contributed by atoms with Crippen LogP contribution in [-0.4, -0.2) is 23.1 Å². The fourth-order valence-electron chi connectivity index (χ4n) is 3.14. The molecule has 3 nitrogen and oxygen atoms in total. The highest BCUT2D eigenvalue weighted by atomic mass is 14.9. The van der Waals surface area contributed by atoms with Crippen LogP contribution in [0.25, 0.3) is 0 Å². The third-order valence-corrected chi connectivity index (χ3v) is 4.30. The van der Waals surface area contributed by atoms with E-state index in [4.69, 9.17) is 9.97 Å². The van der Waals surface area contributed by atoms with Gasteiger partial charge in [0.25, 0.3) is 0 Å². The number of hydrogen-bond acceptors (Lipinski definition) is 3. The van der Waals surface area contributed by atoms with Gasteiger partial charge in [-0.05, 0) is 64.1 Å². The maximum Gasteiger partial charge on any atom is 0.131 e. The van der Waals surface area contributed by atoms with E-state index >= 15 is 0 Å². The molecule has 2 unspecified atom stereocenters. The third-order valence-electron chi connectivity index (χ3n) is 4.30. The second-order valence-electron chi connectivity index (χ2n) is 5.95. The molecule has 1 fully saturated rings. The number of likely N-dealkylation sites (N-methyl/N-ethyl adjacent to an activating group) is 1. The Bertz CT molecular complexity index is 405. The summed E-state index contributed by atoms with van der Waals surface area (Å²) < 4.78 is 0. The minimum absolute atomic E-state index is 0.593. The Hall–Kier alpha value is -0.960. The molecular formula is C16H27N3. The van der Waals surface area contributed by atoms with Crippen LogP contribution in [0.3, 0.4) is 0 Å². The number of nitrogens with one attached hydrogen (secondary N) is 1. The number of aromatic nitrogens is 2. The lowest BCUT2D eigenvalue weighted by molar-refractivity contribution is 0.582. The van der Waals surface area contributed by atoms with Crippen LogP contribution in [0.1, 0.15) is 61.8 Å². The van der Waals surface area contributed by atoms with Crippen LogP contribution in [0, 0.1) is 19.8 Å². The van der Waals surface area contributed by atoms with Crippen LogP contribution in [-0.2, 0) is 6.42 Å². The molecule has 2 atom stereocenters. The average molecular weight is 261 g/mol. The average Bonchev–Trinajstić information content (AvgIpc) is 2.79. The number of aryl methyl sites for hydroxylation is 2. The van der Waals surface area contributed by atoms with Gasteiger partial charge in [-0.3, -0.25) is 0 Å². The molecule has 2 rings (SSSR count). The maximum atomic E-state index is 4.79. The Morgan fingerprint density at radius 1 is 1.16 bits per heavy atom. The second-order valence-corrected chi connectivity index (χ2v) is 5.95. The molecule has 1 N–H and O–H groups in total. The van der Waals surface area contributed by atoms with Gasteiger partial charge in [0.2, 0.25) is 0 Å². The Morgan fingerprint density at radius 3 is 2.37 bits per heavy atom. The lowest BCUT2D eigenvalue weighted by Gasteiger charge is -2.14. The summed E-state index contributed by atoms with van der Waals surface area (Å²) in [5.74, 6) is 2.52. The molecule has 1 aliphatic rings. The van der Waals surface area contributed by atoms with Gasteiger partial charge in [-0.15, -0.1) is 0 Å². The second kappa shape index (κ2) is 6.47. The first-order valence-corrected chi connectivity index (χ1v) is 7.66. The zero-order valence-electron chi connectivity index (χ0n) is 12.8.